The third-order valence-corrected chi connectivity index (χ3v) is 8.38. The van der Waals surface area contributed by atoms with Crippen LogP contribution < -0.4 is 20.2 Å². The van der Waals surface area contributed by atoms with Crippen molar-refractivity contribution >= 4 is 40.2 Å². The zero-order valence-corrected chi connectivity index (χ0v) is 25.4. The molecule has 0 radical (unpaired) electrons. The minimum atomic E-state index is -1.41. The number of benzene rings is 6. The zero-order chi connectivity index (χ0) is 31.6. The molecule has 226 valence electrons. The Morgan fingerprint density at radius 3 is 1.72 bits per heavy atom. The summed E-state index contributed by atoms with van der Waals surface area (Å²) < 4.78 is 0. The summed E-state index contributed by atoms with van der Waals surface area (Å²) in [7, 11) is 0. The molecule has 6 aromatic carbocycles. The summed E-state index contributed by atoms with van der Waals surface area (Å²) in [6, 6.07) is 57.3. The number of anilines is 4. The van der Waals surface area contributed by atoms with Gasteiger partial charge in [0.25, 0.3) is 11.7 Å². The maximum atomic E-state index is 15.1. The second-order valence-corrected chi connectivity index (χ2v) is 11.2. The summed E-state index contributed by atoms with van der Waals surface area (Å²) in [5.41, 5.74) is 9.38. The average Bonchev–Trinajstić information content (AvgIpc) is 3.64. The Labute approximate surface area is 273 Å². The van der Waals surface area contributed by atoms with E-state index >= 15 is 4.79 Å². The Bertz CT molecular complexity index is 2070. The second kappa shape index (κ2) is 11.8. The van der Waals surface area contributed by atoms with Crippen LogP contribution in [0.15, 0.2) is 186 Å². The molecule has 0 fully saturated rings. The number of carbonyl (C=O) groups excluding carboxylic acids is 1. The van der Waals surface area contributed by atoms with Gasteiger partial charge in [0.2, 0.25) is 0 Å². The topological polar surface area (TPSA) is 63.5 Å². The Kier molecular flexibility index (Phi) is 7.04. The van der Waals surface area contributed by atoms with Crippen molar-refractivity contribution in [3.63, 3.8) is 0 Å². The molecule has 47 heavy (non-hydrogen) atoms. The molecule has 7 nitrogen and oxygen atoms in total. The van der Waals surface area contributed by atoms with Gasteiger partial charge in [0.15, 0.2) is 5.84 Å². The van der Waals surface area contributed by atoms with Crippen LogP contribution >= 0.6 is 0 Å². The maximum absolute atomic E-state index is 15.1. The molecule has 1 atom stereocenters. The van der Waals surface area contributed by atoms with E-state index in [0.29, 0.717) is 17.1 Å². The summed E-state index contributed by atoms with van der Waals surface area (Å²) in [6.45, 7) is 0. The molecule has 2 heterocycles. The van der Waals surface area contributed by atoms with E-state index in [1.807, 2.05) is 186 Å². The molecule has 1 amide bonds. The maximum Gasteiger partial charge on any atom is 0.271 e. The third-order valence-electron chi connectivity index (χ3n) is 8.38. The monoisotopic (exact) mass is 610 g/mol. The molecule has 2 aliphatic heterocycles. The Morgan fingerprint density at radius 1 is 0.574 bits per heavy atom. The van der Waals surface area contributed by atoms with Crippen LogP contribution in [0.4, 0.5) is 22.7 Å². The largest absolute Gasteiger partial charge is 0.278 e. The minimum Gasteiger partial charge on any atom is -0.278 e. The highest BCUT2D eigenvalue weighted by Gasteiger charge is 2.65. The highest BCUT2D eigenvalue weighted by molar-refractivity contribution is 6.31. The molecular formula is C40H30N6O. The number of nitrogens with zero attached hydrogens (tertiary/aromatic N) is 5. The normalized spacial score (nSPS) is 16.8. The highest BCUT2D eigenvalue weighted by Crippen LogP contribution is 2.53. The number of para-hydroxylation sites is 4. The van der Waals surface area contributed by atoms with Gasteiger partial charge in [0.05, 0.1) is 22.7 Å². The van der Waals surface area contributed by atoms with Crippen LogP contribution in [-0.4, -0.2) is 23.2 Å². The Hall–Kier alpha value is -6.47. The number of hydrazone groups is 2. The quantitative estimate of drug-likeness (QED) is 0.146. The van der Waals surface area contributed by atoms with Gasteiger partial charge in [-0.1, -0.05) is 127 Å². The minimum absolute atomic E-state index is 0.186. The van der Waals surface area contributed by atoms with Gasteiger partial charge in [-0.05, 0) is 48.5 Å². The molecule has 2 aliphatic rings. The molecule has 8 rings (SSSR count). The number of fused-ring (bicyclic) bond motifs is 3. The van der Waals surface area contributed by atoms with Gasteiger partial charge >= 0.3 is 0 Å². The van der Waals surface area contributed by atoms with E-state index in [1.165, 1.54) is 0 Å². The van der Waals surface area contributed by atoms with Crippen LogP contribution in [0.2, 0.25) is 0 Å². The molecular weight excluding hydrogens is 580 g/mol. The van der Waals surface area contributed by atoms with Gasteiger partial charge in [-0.3, -0.25) is 20.0 Å². The lowest BCUT2D eigenvalue weighted by Crippen LogP contribution is -2.70. The van der Waals surface area contributed by atoms with Gasteiger partial charge in [0, 0.05) is 16.7 Å². The van der Waals surface area contributed by atoms with Crippen LogP contribution in [0.25, 0.3) is 0 Å². The first-order valence-electron chi connectivity index (χ1n) is 15.5. The van der Waals surface area contributed by atoms with Crippen molar-refractivity contribution in [2.45, 2.75) is 5.79 Å². The molecule has 0 bridgehead atoms. The fraction of sp³-hybridized carbons (Fsp3) is 0.0250. The molecule has 6 aromatic rings. The van der Waals surface area contributed by atoms with E-state index in [-0.39, 0.29) is 5.91 Å². The van der Waals surface area contributed by atoms with E-state index < -0.39 is 5.79 Å². The number of carbonyl (C=O) groups is 1. The molecule has 0 aliphatic carbocycles. The van der Waals surface area contributed by atoms with E-state index in [9.17, 15) is 0 Å². The SMILES string of the molecule is O=C(c1ccccc1)N1c2ccccc2N2C(c3ccccc3)=NN(c3ccccc3)C12/C(=N/Nc1ccccc1)c1ccccc1. The predicted molar refractivity (Wildman–Crippen MR) is 190 cm³/mol. The zero-order valence-electron chi connectivity index (χ0n) is 25.4. The number of amides is 1. The van der Waals surface area contributed by atoms with Crippen molar-refractivity contribution in [3.8, 4) is 0 Å². The summed E-state index contributed by atoms with van der Waals surface area (Å²) in [6.07, 6.45) is 0. The van der Waals surface area contributed by atoms with Crippen molar-refractivity contribution in [2.75, 3.05) is 20.2 Å². The van der Waals surface area contributed by atoms with E-state index in [1.54, 1.807) is 0 Å². The van der Waals surface area contributed by atoms with Gasteiger partial charge in [-0.15, -0.1) is 5.10 Å². The summed E-state index contributed by atoms with van der Waals surface area (Å²) in [5.74, 6) is -0.908. The van der Waals surface area contributed by atoms with Crippen LogP contribution in [0.3, 0.4) is 0 Å². The smallest absolute Gasteiger partial charge is 0.271 e. The molecule has 1 N–H and O–H groups in total. The standard InChI is InChI=1S/C40H30N6O/c47-39(32-22-10-3-11-23-32)45-36-29-17-16-28-35(36)44-38(31-20-8-2-9-21-31)43-46(34-26-14-5-15-27-34)40(44,45)37(30-18-6-1-7-19-30)42-41-33-24-12-4-13-25-33/h1-29,41H/b42-37+. The van der Waals surface area contributed by atoms with Crippen LogP contribution in [0.1, 0.15) is 21.5 Å². The van der Waals surface area contributed by atoms with E-state index in [4.69, 9.17) is 10.2 Å². The van der Waals surface area contributed by atoms with E-state index in [0.717, 1.165) is 33.9 Å². The number of hydrogen-bond acceptors (Lipinski definition) is 6. The van der Waals surface area contributed by atoms with Crippen molar-refractivity contribution in [3.05, 3.63) is 193 Å². The highest BCUT2D eigenvalue weighted by atomic mass is 16.2. The van der Waals surface area contributed by atoms with Crippen LogP contribution in [0.5, 0.6) is 0 Å². The van der Waals surface area contributed by atoms with Crippen molar-refractivity contribution in [1.82, 2.24) is 0 Å². The molecule has 7 heteroatoms. The molecule has 0 saturated carbocycles. The number of hydrogen-bond donors (Lipinski definition) is 1. The Morgan fingerprint density at radius 2 is 1.09 bits per heavy atom. The molecule has 0 aromatic heterocycles. The lowest BCUT2D eigenvalue weighted by Gasteiger charge is -2.45. The number of amidine groups is 1. The fourth-order valence-corrected chi connectivity index (χ4v) is 6.35. The third kappa shape index (κ3) is 4.64. The summed E-state index contributed by atoms with van der Waals surface area (Å²) in [4.78, 5) is 19.1. The second-order valence-electron chi connectivity index (χ2n) is 11.2. The van der Waals surface area contributed by atoms with E-state index in [2.05, 4.69) is 10.3 Å². The lowest BCUT2D eigenvalue weighted by atomic mass is 9.99. The molecule has 1 unspecified atom stereocenters. The molecule has 0 spiro atoms. The van der Waals surface area contributed by atoms with Crippen molar-refractivity contribution in [2.24, 2.45) is 10.2 Å². The summed E-state index contributed by atoms with van der Waals surface area (Å²) in [5, 5.41) is 12.5. The summed E-state index contributed by atoms with van der Waals surface area (Å²) >= 11 is 0. The lowest BCUT2D eigenvalue weighted by molar-refractivity contribution is 0.0973. The average molecular weight is 611 g/mol. The van der Waals surface area contributed by atoms with Gasteiger partial charge in [0.1, 0.15) is 5.71 Å². The first kappa shape index (κ1) is 28.0. The van der Waals surface area contributed by atoms with Crippen molar-refractivity contribution in [1.29, 1.82) is 0 Å². The van der Waals surface area contributed by atoms with Gasteiger partial charge < -0.3 is 0 Å². The molecule has 0 saturated heterocycles. The van der Waals surface area contributed by atoms with Crippen molar-refractivity contribution < 1.29 is 4.79 Å². The Balaban J connectivity index is 1.49. The predicted octanol–water partition coefficient (Wildman–Crippen LogP) is 8.21. The first-order valence-corrected chi connectivity index (χ1v) is 15.5. The van der Waals surface area contributed by atoms with Gasteiger partial charge in [-0.2, -0.15) is 5.10 Å². The van der Waals surface area contributed by atoms with Gasteiger partial charge in [-0.25, -0.2) is 5.01 Å². The fourth-order valence-electron chi connectivity index (χ4n) is 6.35. The number of rotatable bonds is 7. The van der Waals surface area contributed by atoms with Crippen LogP contribution in [0, 0.1) is 0 Å². The van der Waals surface area contributed by atoms with Crippen LogP contribution in [-0.2, 0) is 0 Å². The first-order chi connectivity index (χ1) is 23.3. The number of nitrogens with one attached hydrogen (secondary N) is 1.